The summed E-state index contributed by atoms with van der Waals surface area (Å²) in [7, 11) is 3.06. The van der Waals surface area contributed by atoms with Crippen LogP contribution in [-0.4, -0.2) is 62.0 Å². The predicted octanol–water partition coefficient (Wildman–Crippen LogP) is 2.83. The fraction of sp³-hybridized carbons (Fsp3) is 0.333. The van der Waals surface area contributed by atoms with Crippen LogP contribution >= 0.6 is 0 Å². The molecule has 0 bridgehead atoms. The van der Waals surface area contributed by atoms with Crippen molar-refractivity contribution in [2.45, 2.75) is 6.42 Å². The van der Waals surface area contributed by atoms with Crippen LogP contribution in [0.3, 0.4) is 0 Å². The molecule has 0 atom stereocenters. The first-order chi connectivity index (χ1) is 13.5. The van der Waals surface area contributed by atoms with Gasteiger partial charge in [0.2, 0.25) is 0 Å². The Bertz CT molecular complexity index is 871. The second-order valence-electron chi connectivity index (χ2n) is 6.52. The minimum Gasteiger partial charge on any atom is -0.493 e. The number of amides is 2. The van der Waals surface area contributed by atoms with Gasteiger partial charge in [0.05, 0.1) is 14.2 Å². The molecule has 28 heavy (non-hydrogen) atoms. The summed E-state index contributed by atoms with van der Waals surface area (Å²) in [5.74, 6) is 0.264. The highest BCUT2D eigenvalue weighted by molar-refractivity contribution is 5.96. The molecule has 0 aliphatic carbocycles. The Labute approximate surface area is 163 Å². The van der Waals surface area contributed by atoms with Crippen molar-refractivity contribution in [2.24, 2.45) is 0 Å². The molecule has 2 aromatic carbocycles. The SMILES string of the molecule is COc1ccc(C(=O)N2CCCN(C(=O)c3cccc(F)c3)CC2)cc1OC. The minimum atomic E-state index is -0.439. The molecular formula is C21H23FN2O4. The van der Waals surface area contributed by atoms with E-state index in [0.29, 0.717) is 55.2 Å². The molecule has 6 nitrogen and oxygen atoms in total. The summed E-state index contributed by atoms with van der Waals surface area (Å²) in [4.78, 5) is 28.9. The number of nitrogens with zero attached hydrogens (tertiary/aromatic N) is 2. The molecule has 2 aromatic rings. The van der Waals surface area contributed by atoms with Gasteiger partial charge >= 0.3 is 0 Å². The van der Waals surface area contributed by atoms with Gasteiger partial charge in [-0.2, -0.15) is 0 Å². The smallest absolute Gasteiger partial charge is 0.254 e. The van der Waals surface area contributed by atoms with Crippen molar-refractivity contribution >= 4 is 11.8 Å². The lowest BCUT2D eigenvalue weighted by Gasteiger charge is -2.22. The summed E-state index contributed by atoms with van der Waals surface area (Å²) < 4.78 is 23.9. The Morgan fingerprint density at radius 1 is 0.821 bits per heavy atom. The number of benzene rings is 2. The quantitative estimate of drug-likeness (QED) is 0.811. The first-order valence-electron chi connectivity index (χ1n) is 9.09. The number of hydrogen-bond acceptors (Lipinski definition) is 4. The van der Waals surface area contributed by atoms with E-state index in [-0.39, 0.29) is 11.8 Å². The fourth-order valence-corrected chi connectivity index (χ4v) is 3.28. The van der Waals surface area contributed by atoms with E-state index >= 15 is 0 Å². The number of hydrogen-bond donors (Lipinski definition) is 0. The average Bonchev–Trinajstić information content (AvgIpc) is 2.98. The minimum absolute atomic E-state index is 0.124. The molecule has 7 heteroatoms. The third-order valence-electron chi connectivity index (χ3n) is 4.77. The van der Waals surface area contributed by atoms with Gasteiger partial charge in [-0.15, -0.1) is 0 Å². The fourth-order valence-electron chi connectivity index (χ4n) is 3.28. The van der Waals surface area contributed by atoms with Crippen LogP contribution in [-0.2, 0) is 0 Å². The standard InChI is InChI=1S/C21H23FN2O4/c1-27-18-8-7-16(14-19(18)28-2)21(26)24-10-4-9-23(11-12-24)20(25)15-5-3-6-17(22)13-15/h3,5-8,13-14H,4,9-12H2,1-2H3. The van der Waals surface area contributed by atoms with Crippen LogP contribution in [0.15, 0.2) is 42.5 Å². The van der Waals surface area contributed by atoms with Crippen LogP contribution in [0.5, 0.6) is 11.5 Å². The van der Waals surface area contributed by atoms with E-state index in [0.717, 1.165) is 0 Å². The molecule has 0 aromatic heterocycles. The first-order valence-corrected chi connectivity index (χ1v) is 9.09. The maximum atomic E-state index is 13.4. The Balaban J connectivity index is 1.69. The predicted molar refractivity (Wildman–Crippen MR) is 102 cm³/mol. The van der Waals surface area contributed by atoms with Gasteiger partial charge in [0, 0.05) is 37.3 Å². The van der Waals surface area contributed by atoms with Crippen molar-refractivity contribution in [3.63, 3.8) is 0 Å². The lowest BCUT2D eigenvalue weighted by Crippen LogP contribution is -2.37. The van der Waals surface area contributed by atoms with Crippen molar-refractivity contribution in [1.29, 1.82) is 0 Å². The molecule has 1 aliphatic rings. The summed E-state index contributed by atoms with van der Waals surface area (Å²) >= 11 is 0. The molecule has 0 N–H and O–H groups in total. The summed E-state index contributed by atoms with van der Waals surface area (Å²) in [6.07, 6.45) is 0.653. The molecule has 0 radical (unpaired) electrons. The van der Waals surface area contributed by atoms with Crippen LogP contribution in [0.4, 0.5) is 4.39 Å². The molecule has 1 fully saturated rings. The van der Waals surface area contributed by atoms with Gasteiger partial charge in [0.1, 0.15) is 5.82 Å². The van der Waals surface area contributed by atoms with Crippen LogP contribution < -0.4 is 9.47 Å². The van der Waals surface area contributed by atoms with E-state index in [1.807, 2.05) is 0 Å². The summed E-state index contributed by atoms with van der Waals surface area (Å²) in [5.41, 5.74) is 0.822. The molecule has 0 unspecified atom stereocenters. The van der Waals surface area contributed by atoms with E-state index in [2.05, 4.69) is 0 Å². The van der Waals surface area contributed by atoms with Crippen molar-refractivity contribution in [1.82, 2.24) is 9.80 Å². The third kappa shape index (κ3) is 4.24. The largest absolute Gasteiger partial charge is 0.493 e. The number of ether oxygens (including phenoxy) is 2. The molecular weight excluding hydrogens is 363 g/mol. The second kappa shape index (κ2) is 8.73. The molecule has 148 valence electrons. The Morgan fingerprint density at radius 2 is 1.43 bits per heavy atom. The Kier molecular flexibility index (Phi) is 6.13. The van der Waals surface area contributed by atoms with Gasteiger partial charge in [0.15, 0.2) is 11.5 Å². The lowest BCUT2D eigenvalue weighted by molar-refractivity contribution is 0.0718. The zero-order chi connectivity index (χ0) is 20.1. The van der Waals surface area contributed by atoms with Crippen molar-refractivity contribution in [3.05, 3.63) is 59.4 Å². The third-order valence-corrected chi connectivity index (χ3v) is 4.77. The number of rotatable bonds is 4. The monoisotopic (exact) mass is 386 g/mol. The van der Waals surface area contributed by atoms with Gasteiger partial charge in [-0.05, 0) is 42.8 Å². The average molecular weight is 386 g/mol. The zero-order valence-electron chi connectivity index (χ0n) is 16.0. The van der Waals surface area contributed by atoms with E-state index in [4.69, 9.17) is 9.47 Å². The molecule has 1 saturated heterocycles. The highest BCUT2D eigenvalue weighted by Crippen LogP contribution is 2.28. The van der Waals surface area contributed by atoms with Crippen molar-refractivity contribution < 1.29 is 23.5 Å². The Morgan fingerprint density at radius 3 is 2.00 bits per heavy atom. The van der Waals surface area contributed by atoms with E-state index in [1.54, 1.807) is 41.2 Å². The van der Waals surface area contributed by atoms with Gasteiger partial charge in [0.25, 0.3) is 11.8 Å². The molecule has 0 saturated carbocycles. The van der Waals surface area contributed by atoms with Gasteiger partial charge < -0.3 is 19.3 Å². The lowest BCUT2D eigenvalue weighted by atomic mass is 10.1. The maximum Gasteiger partial charge on any atom is 0.254 e. The van der Waals surface area contributed by atoms with Gasteiger partial charge in [-0.3, -0.25) is 9.59 Å². The van der Waals surface area contributed by atoms with Gasteiger partial charge in [-0.25, -0.2) is 4.39 Å². The molecule has 0 spiro atoms. The number of carbonyl (C=O) groups excluding carboxylic acids is 2. The van der Waals surface area contributed by atoms with E-state index in [1.165, 1.54) is 25.3 Å². The highest BCUT2D eigenvalue weighted by atomic mass is 19.1. The molecule has 3 rings (SSSR count). The second-order valence-corrected chi connectivity index (χ2v) is 6.52. The highest BCUT2D eigenvalue weighted by Gasteiger charge is 2.24. The summed E-state index contributed by atoms with van der Waals surface area (Å²) in [5, 5.41) is 0. The number of carbonyl (C=O) groups is 2. The number of methoxy groups -OCH3 is 2. The maximum absolute atomic E-state index is 13.4. The normalized spacial score (nSPS) is 14.4. The Hall–Kier alpha value is -3.09. The van der Waals surface area contributed by atoms with Crippen LogP contribution in [0, 0.1) is 5.82 Å². The summed E-state index contributed by atoms with van der Waals surface area (Å²) in [6.45, 7) is 1.87. The summed E-state index contributed by atoms with van der Waals surface area (Å²) in [6, 6.07) is 10.7. The topological polar surface area (TPSA) is 59.1 Å². The number of halogens is 1. The van der Waals surface area contributed by atoms with Crippen molar-refractivity contribution in [3.8, 4) is 11.5 Å². The first kappa shape index (κ1) is 19.7. The van der Waals surface area contributed by atoms with Crippen LogP contribution in [0.2, 0.25) is 0 Å². The molecule has 1 aliphatic heterocycles. The van der Waals surface area contributed by atoms with Crippen LogP contribution in [0.1, 0.15) is 27.1 Å². The van der Waals surface area contributed by atoms with Crippen LogP contribution in [0.25, 0.3) is 0 Å². The molecule has 1 heterocycles. The van der Waals surface area contributed by atoms with E-state index < -0.39 is 5.82 Å². The van der Waals surface area contributed by atoms with Gasteiger partial charge in [-0.1, -0.05) is 6.07 Å². The zero-order valence-corrected chi connectivity index (χ0v) is 16.0. The van der Waals surface area contributed by atoms with Crippen molar-refractivity contribution in [2.75, 3.05) is 40.4 Å². The van der Waals surface area contributed by atoms with E-state index in [9.17, 15) is 14.0 Å². The molecule has 2 amide bonds.